The van der Waals surface area contributed by atoms with Gasteiger partial charge in [-0.15, -0.1) is 0 Å². The van der Waals surface area contributed by atoms with Crippen molar-refractivity contribution in [3.63, 3.8) is 0 Å². The zero-order valence-corrected chi connectivity index (χ0v) is 16.5. The van der Waals surface area contributed by atoms with Crippen molar-refractivity contribution < 1.29 is 0 Å². The van der Waals surface area contributed by atoms with Crippen molar-refractivity contribution in [1.82, 2.24) is 0 Å². The molecule has 0 bridgehead atoms. The molecule has 0 unspecified atom stereocenters. The molecule has 0 saturated carbocycles. The van der Waals surface area contributed by atoms with E-state index < -0.39 is 0 Å². The van der Waals surface area contributed by atoms with Crippen LogP contribution in [-0.2, 0) is 0 Å². The molecule has 0 aromatic heterocycles. The first-order chi connectivity index (χ1) is 9.79. The normalized spacial score (nSPS) is 10.2. The predicted octanol–water partition coefficient (Wildman–Crippen LogP) is 8.14. The van der Waals surface area contributed by atoms with Crippen molar-refractivity contribution in [3.05, 3.63) is 47.6 Å². The Morgan fingerprint density at radius 1 is 0.450 bits per heavy atom. The Bertz CT molecular complexity index is 198. The van der Waals surface area contributed by atoms with Crippen LogP contribution in [0.5, 0.6) is 0 Å². The van der Waals surface area contributed by atoms with E-state index in [0.717, 1.165) is 0 Å². The quantitative estimate of drug-likeness (QED) is 0.458. The Hall–Kier alpha value is -1.04. The summed E-state index contributed by atoms with van der Waals surface area (Å²) < 4.78 is 0. The second-order valence-electron chi connectivity index (χ2n) is 2.49. The number of hydrogen-bond acceptors (Lipinski definition) is 0. The SMILES string of the molecule is CC.CC.CC.CC.C\C=C/C(=C\C)C(/C=C\C)=C/C. The van der Waals surface area contributed by atoms with Crippen LogP contribution in [0.1, 0.15) is 83.1 Å². The molecule has 0 aliphatic carbocycles. The van der Waals surface area contributed by atoms with Gasteiger partial charge in [0.05, 0.1) is 0 Å². The zero-order chi connectivity index (χ0) is 17.4. The molecule has 20 heavy (non-hydrogen) atoms. The van der Waals surface area contributed by atoms with Crippen LogP contribution in [0.2, 0.25) is 0 Å². The minimum absolute atomic E-state index is 1.28. The second-order valence-corrected chi connectivity index (χ2v) is 2.49. The number of rotatable bonds is 3. The highest BCUT2D eigenvalue weighted by molar-refractivity contribution is 5.45. The Kier molecular flexibility index (Phi) is 67.5. The van der Waals surface area contributed by atoms with Gasteiger partial charge in [0.1, 0.15) is 0 Å². The smallest absolute Gasteiger partial charge is 0.0233 e. The van der Waals surface area contributed by atoms with Gasteiger partial charge in [0.25, 0.3) is 0 Å². The molecular formula is C20H42. The molecule has 0 aliphatic rings. The van der Waals surface area contributed by atoms with Crippen LogP contribution >= 0.6 is 0 Å². The molecule has 0 saturated heterocycles. The number of allylic oxidation sites excluding steroid dienone is 8. The summed E-state index contributed by atoms with van der Waals surface area (Å²) in [5.74, 6) is 0. The van der Waals surface area contributed by atoms with E-state index >= 15 is 0 Å². The maximum absolute atomic E-state index is 2.12. The summed E-state index contributed by atoms with van der Waals surface area (Å²) in [7, 11) is 0. The molecule has 0 N–H and O–H groups in total. The first kappa shape index (κ1) is 31.4. The summed E-state index contributed by atoms with van der Waals surface area (Å²) in [4.78, 5) is 0. The highest BCUT2D eigenvalue weighted by atomic mass is 14.0. The van der Waals surface area contributed by atoms with E-state index in [1.807, 2.05) is 69.2 Å². The third-order valence-corrected chi connectivity index (χ3v) is 1.65. The molecule has 122 valence electrons. The third kappa shape index (κ3) is 25.7. The average molecular weight is 283 g/mol. The van der Waals surface area contributed by atoms with Crippen molar-refractivity contribution in [3.8, 4) is 0 Å². The topological polar surface area (TPSA) is 0 Å². The monoisotopic (exact) mass is 282 g/mol. The summed E-state index contributed by atoms with van der Waals surface area (Å²) in [5, 5.41) is 0. The fourth-order valence-corrected chi connectivity index (χ4v) is 1.08. The van der Waals surface area contributed by atoms with Gasteiger partial charge in [0, 0.05) is 0 Å². The van der Waals surface area contributed by atoms with Crippen LogP contribution in [0.3, 0.4) is 0 Å². The van der Waals surface area contributed by atoms with Crippen molar-refractivity contribution in [1.29, 1.82) is 0 Å². The summed E-state index contributed by atoms with van der Waals surface area (Å²) >= 11 is 0. The molecule has 0 rings (SSSR count). The minimum atomic E-state index is 1.28. The van der Waals surface area contributed by atoms with Crippen molar-refractivity contribution in [2.24, 2.45) is 0 Å². The highest BCUT2D eigenvalue weighted by Gasteiger charge is 1.93. The maximum atomic E-state index is 2.12. The molecule has 0 atom stereocenters. The molecule has 0 amide bonds. The largest absolute Gasteiger partial charge is 0.0871 e. The highest BCUT2D eigenvalue weighted by Crippen LogP contribution is 2.12. The Morgan fingerprint density at radius 2 is 0.650 bits per heavy atom. The fraction of sp³-hybridized carbons (Fsp3) is 0.600. The Labute approximate surface area is 131 Å². The van der Waals surface area contributed by atoms with Crippen molar-refractivity contribution >= 4 is 0 Å². The van der Waals surface area contributed by atoms with Crippen LogP contribution in [0.15, 0.2) is 47.6 Å². The van der Waals surface area contributed by atoms with E-state index in [9.17, 15) is 0 Å². The molecule has 0 aromatic rings. The molecule has 0 aromatic carbocycles. The average Bonchev–Trinajstić information content (AvgIpc) is 2.58. The van der Waals surface area contributed by atoms with Gasteiger partial charge in [0.15, 0.2) is 0 Å². The van der Waals surface area contributed by atoms with Gasteiger partial charge in [-0.2, -0.15) is 0 Å². The first-order valence-electron chi connectivity index (χ1n) is 8.38. The predicted molar refractivity (Wildman–Crippen MR) is 103 cm³/mol. The van der Waals surface area contributed by atoms with E-state index in [1.54, 1.807) is 0 Å². The molecule has 0 nitrogen and oxygen atoms in total. The molecule has 0 fully saturated rings. The summed E-state index contributed by atoms with van der Waals surface area (Å²) in [6, 6.07) is 0. The lowest BCUT2D eigenvalue weighted by atomic mass is 10.0. The van der Waals surface area contributed by atoms with Crippen LogP contribution in [0.25, 0.3) is 0 Å². The summed E-state index contributed by atoms with van der Waals surface area (Å²) in [6.45, 7) is 24.2. The molecule has 0 heterocycles. The molecule has 0 heteroatoms. The van der Waals surface area contributed by atoms with Crippen LogP contribution < -0.4 is 0 Å². The lowest BCUT2D eigenvalue weighted by molar-refractivity contribution is 1.45. The molecule has 0 radical (unpaired) electrons. The van der Waals surface area contributed by atoms with E-state index in [2.05, 4.69) is 50.3 Å². The fourth-order valence-electron chi connectivity index (χ4n) is 1.08. The van der Waals surface area contributed by atoms with Gasteiger partial charge in [-0.1, -0.05) is 91.8 Å². The van der Waals surface area contributed by atoms with Crippen LogP contribution in [-0.4, -0.2) is 0 Å². The van der Waals surface area contributed by atoms with E-state index in [1.165, 1.54) is 11.1 Å². The van der Waals surface area contributed by atoms with Crippen molar-refractivity contribution in [2.45, 2.75) is 83.1 Å². The Balaban J connectivity index is -0.0000000799. The third-order valence-electron chi connectivity index (χ3n) is 1.65. The minimum Gasteiger partial charge on any atom is -0.0871 e. The molecule has 0 aliphatic heterocycles. The van der Waals surface area contributed by atoms with Gasteiger partial charge >= 0.3 is 0 Å². The van der Waals surface area contributed by atoms with Gasteiger partial charge in [0.2, 0.25) is 0 Å². The van der Waals surface area contributed by atoms with Gasteiger partial charge in [-0.05, 0) is 38.8 Å². The zero-order valence-electron chi connectivity index (χ0n) is 16.5. The first-order valence-corrected chi connectivity index (χ1v) is 8.38. The summed E-state index contributed by atoms with van der Waals surface area (Å²) in [5.41, 5.74) is 2.55. The van der Waals surface area contributed by atoms with Gasteiger partial charge in [-0.3, -0.25) is 0 Å². The Morgan fingerprint density at radius 3 is 0.750 bits per heavy atom. The van der Waals surface area contributed by atoms with Crippen molar-refractivity contribution in [2.75, 3.05) is 0 Å². The maximum Gasteiger partial charge on any atom is -0.0233 e. The van der Waals surface area contributed by atoms with E-state index in [-0.39, 0.29) is 0 Å². The van der Waals surface area contributed by atoms with Crippen LogP contribution in [0.4, 0.5) is 0 Å². The second kappa shape index (κ2) is 43.0. The van der Waals surface area contributed by atoms with Gasteiger partial charge in [-0.25, -0.2) is 0 Å². The molecule has 0 spiro atoms. The lowest BCUT2D eigenvalue weighted by Gasteiger charge is -2.00. The van der Waals surface area contributed by atoms with E-state index in [4.69, 9.17) is 0 Å². The number of hydrogen-bond donors (Lipinski definition) is 0. The van der Waals surface area contributed by atoms with E-state index in [0.29, 0.717) is 0 Å². The lowest BCUT2D eigenvalue weighted by Crippen LogP contribution is -1.81. The standard InChI is InChI=1S/C12H18.4C2H6/c1-5-9-11(7-3)12(8-4)10-6-2;4*1-2/h5-10H,1-4H3;4*1-2H3/b9-5-,10-6-,11-7+,12-8+;;;;. The summed E-state index contributed by atoms with van der Waals surface area (Å²) in [6.07, 6.45) is 12.6. The van der Waals surface area contributed by atoms with Crippen LogP contribution in [0, 0.1) is 0 Å². The van der Waals surface area contributed by atoms with Gasteiger partial charge < -0.3 is 0 Å². The molecular weight excluding hydrogens is 240 g/mol.